The Morgan fingerprint density at radius 2 is 2.22 bits per heavy atom. The molecule has 0 bridgehead atoms. The summed E-state index contributed by atoms with van der Waals surface area (Å²) in [4.78, 5) is 22.2. The monoisotopic (exact) mass is 312 g/mol. The second-order valence-corrected chi connectivity index (χ2v) is 4.00. The van der Waals surface area contributed by atoms with Gasteiger partial charge < -0.3 is 15.2 Å². The zero-order valence-corrected chi connectivity index (χ0v) is 10.7. The number of para-hydroxylation sites is 1. The van der Waals surface area contributed by atoms with Crippen LogP contribution >= 0.6 is 15.9 Å². The van der Waals surface area contributed by atoms with Crippen molar-refractivity contribution >= 4 is 27.8 Å². The molecule has 0 atom stereocenters. The molecule has 1 aromatic rings. The van der Waals surface area contributed by atoms with Crippen LogP contribution in [0.3, 0.4) is 0 Å². The fraction of sp³-hybridized carbons (Fsp3) is 0.182. The number of aromatic carboxylic acids is 1. The van der Waals surface area contributed by atoms with E-state index in [1.165, 1.54) is 6.07 Å². The molecule has 6 nitrogen and oxygen atoms in total. The molecule has 0 unspecified atom stereocenters. The van der Waals surface area contributed by atoms with E-state index in [1.807, 2.05) is 0 Å². The van der Waals surface area contributed by atoms with Crippen LogP contribution in [0, 0.1) is 11.3 Å². The summed E-state index contributed by atoms with van der Waals surface area (Å²) in [5.74, 6) is -1.57. The first-order valence-corrected chi connectivity index (χ1v) is 5.63. The van der Waals surface area contributed by atoms with Crippen molar-refractivity contribution in [1.29, 1.82) is 5.26 Å². The van der Waals surface area contributed by atoms with Gasteiger partial charge in [-0.3, -0.25) is 4.79 Å². The molecule has 2 N–H and O–H groups in total. The quantitative estimate of drug-likeness (QED) is 0.795. The lowest BCUT2D eigenvalue weighted by Crippen LogP contribution is -2.29. The lowest BCUT2D eigenvalue weighted by Gasteiger charge is -2.10. The minimum absolute atomic E-state index is 0.0440. The van der Waals surface area contributed by atoms with E-state index < -0.39 is 11.9 Å². The lowest BCUT2D eigenvalue weighted by atomic mass is 10.2. The van der Waals surface area contributed by atoms with Gasteiger partial charge in [0, 0.05) is 0 Å². The van der Waals surface area contributed by atoms with Gasteiger partial charge in [-0.2, -0.15) is 5.26 Å². The number of carboxylic acid groups (broad SMARTS) is 1. The van der Waals surface area contributed by atoms with Crippen molar-refractivity contribution in [1.82, 2.24) is 5.32 Å². The van der Waals surface area contributed by atoms with Gasteiger partial charge in [0.2, 0.25) is 0 Å². The molecule has 0 aliphatic rings. The molecule has 1 rings (SSSR count). The van der Waals surface area contributed by atoms with Crippen LogP contribution in [-0.2, 0) is 4.79 Å². The summed E-state index contributed by atoms with van der Waals surface area (Å²) in [5.41, 5.74) is -0.0440. The Bertz CT molecular complexity index is 510. The van der Waals surface area contributed by atoms with Crippen LogP contribution < -0.4 is 10.1 Å². The number of carbonyl (C=O) groups is 2. The Hall–Kier alpha value is -2.07. The molecule has 1 amide bonds. The minimum Gasteiger partial charge on any atom is -0.482 e. The summed E-state index contributed by atoms with van der Waals surface area (Å²) in [6.07, 6.45) is 0. The maximum absolute atomic E-state index is 11.2. The number of nitrogens with zero attached hydrogens (tertiary/aromatic N) is 1. The number of halogens is 1. The van der Waals surface area contributed by atoms with Gasteiger partial charge >= 0.3 is 5.97 Å². The van der Waals surface area contributed by atoms with E-state index in [9.17, 15) is 9.59 Å². The Kier molecular flexibility index (Phi) is 5.14. The zero-order chi connectivity index (χ0) is 13.5. The second-order valence-electron chi connectivity index (χ2n) is 3.15. The first kappa shape index (κ1) is 14.0. The summed E-state index contributed by atoms with van der Waals surface area (Å²) in [7, 11) is 0. The molecule has 0 saturated carbocycles. The van der Waals surface area contributed by atoms with Crippen LogP contribution in [0.5, 0.6) is 5.75 Å². The van der Waals surface area contributed by atoms with E-state index >= 15 is 0 Å². The molecule has 0 saturated heterocycles. The fourth-order valence-corrected chi connectivity index (χ4v) is 1.63. The molecule has 94 valence electrons. The van der Waals surface area contributed by atoms with Crippen molar-refractivity contribution in [2.45, 2.75) is 0 Å². The first-order chi connectivity index (χ1) is 8.56. The number of nitriles is 1. The minimum atomic E-state index is -1.15. The third kappa shape index (κ3) is 3.75. The van der Waals surface area contributed by atoms with Gasteiger partial charge in [0.25, 0.3) is 5.91 Å². The molecule has 0 fully saturated rings. The van der Waals surface area contributed by atoms with Crippen LogP contribution in [0.1, 0.15) is 10.4 Å². The van der Waals surface area contributed by atoms with E-state index in [4.69, 9.17) is 15.1 Å². The SMILES string of the molecule is N#CCNC(=O)COc1c(Br)cccc1C(=O)O. The molecule has 0 aliphatic carbocycles. The summed E-state index contributed by atoms with van der Waals surface area (Å²) < 4.78 is 5.58. The van der Waals surface area contributed by atoms with Gasteiger partial charge in [0.05, 0.1) is 10.5 Å². The Labute approximate surface area is 111 Å². The summed E-state index contributed by atoms with van der Waals surface area (Å²) in [5, 5.41) is 19.5. The zero-order valence-electron chi connectivity index (χ0n) is 9.14. The van der Waals surface area contributed by atoms with Crippen molar-refractivity contribution in [3.63, 3.8) is 0 Å². The third-order valence-corrected chi connectivity index (χ3v) is 2.53. The second kappa shape index (κ2) is 6.61. The fourth-order valence-electron chi connectivity index (χ4n) is 1.15. The maximum atomic E-state index is 11.2. The predicted molar refractivity (Wildman–Crippen MR) is 65.2 cm³/mol. The number of nitrogens with one attached hydrogen (secondary N) is 1. The highest BCUT2D eigenvalue weighted by Crippen LogP contribution is 2.28. The predicted octanol–water partition coefficient (Wildman–Crippen LogP) is 1.17. The third-order valence-electron chi connectivity index (χ3n) is 1.91. The molecule has 0 aliphatic heterocycles. The summed E-state index contributed by atoms with van der Waals surface area (Å²) >= 11 is 3.15. The molecule has 7 heteroatoms. The summed E-state index contributed by atoms with van der Waals surface area (Å²) in [6.45, 7) is -0.478. The van der Waals surface area contributed by atoms with Crippen LogP contribution in [0.4, 0.5) is 0 Å². The number of benzene rings is 1. The van der Waals surface area contributed by atoms with Gasteiger partial charge in [-0.1, -0.05) is 6.07 Å². The number of rotatable bonds is 5. The van der Waals surface area contributed by atoms with Crippen molar-refractivity contribution in [2.24, 2.45) is 0 Å². The van der Waals surface area contributed by atoms with Gasteiger partial charge in [-0.05, 0) is 28.1 Å². The van der Waals surface area contributed by atoms with Crippen molar-refractivity contribution < 1.29 is 19.4 Å². The number of ether oxygens (including phenoxy) is 1. The van der Waals surface area contributed by atoms with Crippen molar-refractivity contribution in [3.05, 3.63) is 28.2 Å². The van der Waals surface area contributed by atoms with Crippen molar-refractivity contribution in [2.75, 3.05) is 13.2 Å². The standard InChI is InChI=1S/C11H9BrN2O4/c12-8-3-1-2-7(11(16)17)10(8)18-6-9(15)14-5-4-13/h1-3H,5-6H2,(H,14,15)(H,16,17). The van der Waals surface area contributed by atoms with E-state index in [0.29, 0.717) is 4.47 Å². The molecule has 0 heterocycles. The van der Waals surface area contributed by atoms with Crippen molar-refractivity contribution in [3.8, 4) is 11.8 Å². The van der Waals surface area contributed by atoms with Crippen LogP contribution in [0.15, 0.2) is 22.7 Å². The molecule has 0 radical (unpaired) electrons. The average molecular weight is 313 g/mol. The molecular weight excluding hydrogens is 304 g/mol. The van der Waals surface area contributed by atoms with Gasteiger partial charge in [0.15, 0.2) is 6.61 Å². The topological polar surface area (TPSA) is 99.4 Å². The highest BCUT2D eigenvalue weighted by molar-refractivity contribution is 9.10. The van der Waals surface area contributed by atoms with Gasteiger partial charge in [0.1, 0.15) is 17.9 Å². The number of hydrogen-bond donors (Lipinski definition) is 2. The summed E-state index contributed by atoms with van der Waals surface area (Å²) in [6, 6.07) is 6.28. The first-order valence-electron chi connectivity index (χ1n) is 4.84. The number of carbonyl (C=O) groups excluding carboxylic acids is 1. The highest BCUT2D eigenvalue weighted by Gasteiger charge is 2.15. The Morgan fingerprint density at radius 3 is 2.83 bits per heavy atom. The largest absolute Gasteiger partial charge is 0.482 e. The molecule has 18 heavy (non-hydrogen) atoms. The Balaban J connectivity index is 2.76. The number of amides is 1. The van der Waals surface area contributed by atoms with E-state index in [2.05, 4.69) is 21.2 Å². The van der Waals surface area contributed by atoms with E-state index in [0.717, 1.165) is 0 Å². The van der Waals surface area contributed by atoms with Crippen LogP contribution in [-0.4, -0.2) is 30.1 Å². The maximum Gasteiger partial charge on any atom is 0.339 e. The smallest absolute Gasteiger partial charge is 0.339 e. The number of carboxylic acids is 1. The number of hydrogen-bond acceptors (Lipinski definition) is 4. The average Bonchev–Trinajstić information content (AvgIpc) is 2.34. The lowest BCUT2D eigenvalue weighted by molar-refractivity contribution is -0.122. The van der Waals surface area contributed by atoms with E-state index in [-0.39, 0.29) is 24.5 Å². The molecular formula is C11H9BrN2O4. The van der Waals surface area contributed by atoms with E-state index in [1.54, 1.807) is 18.2 Å². The Morgan fingerprint density at radius 1 is 1.50 bits per heavy atom. The molecule has 0 spiro atoms. The normalized spacial score (nSPS) is 9.33. The van der Waals surface area contributed by atoms with Crippen LogP contribution in [0.2, 0.25) is 0 Å². The van der Waals surface area contributed by atoms with Crippen LogP contribution in [0.25, 0.3) is 0 Å². The molecule has 1 aromatic carbocycles. The highest BCUT2D eigenvalue weighted by atomic mass is 79.9. The molecule has 0 aromatic heterocycles. The van der Waals surface area contributed by atoms with Gasteiger partial charge in [-0.15, -0.1) is 0 Å². The van der Waals surface area contributed by atoms with Gasteiger partial charge in [-0.25, -0.2) is 4.79 Å².